The molecule has 2 aromatic heterocycles. The predicted molar refractivity (Wildman–Crippen MR) is 124 cm³/mol. The summed E-state index contributed by atoms with van der Waals surface area (Å²) in [5.41, 5.74) is 2.19. The summed E-state index contributed by atoms with van der Waals surface area (Å²) in [4.78, 5) is 10.1. The van der Waals surface area contributed by atoms with Gasteiger partial charge >= 0.3 is 6.18 Å². The van der Waals surface area contributed by atoms with Gasteiger partial charge in [0, 0.05) is 56.8 Å². The lowest BCUT2D eigenvalue weighted by atomic mass is 9.91. The van der Waals surface area contributed by atoms with Crippen molar-refractivity contribution in [2.24, 2.45) is 5.92 Å². The van der Waals surface area contributed by atoms with Crippen LogP contribution in [0.1, 0.15) is 31.7 Å². The van der Waals surface area contributed by atoms with Gasteiger partial charge in [0.2, 0.25) is 5.95 Å². The van der Waals surface area contributed by atoms with E-state index in [-0.39, 0.29) is 35.8 Å². The minimum Gasteiger partial charge on any atom is -0.391 e. The quantitative estimate of drug-likeness (QED) is 0.579. The molecule has 1 unspecified atom stereocenters. The molecular weight excluding hydrogens is 507 g/mol. The number of nitrogens with two attached hydrogens (primary N) is 1. The van der Waals surface area contributed by atoms with Gasteiger partial charge in [-0.1, -0.05) is 0 Å². The average molecular weight is 536 g/mol. The van der Waals surface area contributed by atoms with Crippen molar-refractivity contribution in [1.29, 1.82) is 0 Å². The second kappa shape index (κ2) is 9.81. The zero-order chi connectivity index (χ0) is 25.4. The molecule has 14 heteroatoms. The molecule has 0 amide bonds. The molecule has 2 saturated heterocycles. The Morgan fingerprint density at radius 2 is 1.86 bits per heavy atom. The third-order valence-electron chi connectivity index (χ3n) is 6.60. The van der Waals surface area contributed by atoms with E-state index in [9.17, 15) is 26.7 Å². The molecule has 0 radical (unpaired) electrons. The fourth-order valence-corrected chi connectivity index (χ4v) is 7.08. The van der Waals surface area contributed by atoms with Gasteiger partial charge in [0.05, 0.1) is 5.00 Å². The Balaban J connectivity index is 1.58. The maximum Gasteiger partial charge on any atom is 0.421 e. The number of ether oxygens (including phenoxy) is 1. The maximum atomic E-state index is 13.2. The van der Waals surface area contributed by atoms with Crippen LogP contribution in [0, 0.1) is 5.92 Å². The highest BCUT2D eigenvalue weighted by molar-refractivity contribution is 7.91. The van der Waals surface area contributed by atoms with Crippen molar-refractivity contribution >= 4 is 32.3 Å². The van der Waals surface area contributed by atoms with E-state index < -0.39 is 27.4 Å². The third-order valence-corrected chi connectivity index (χ3v) is 9.84. The summed E-state index contributed by atoms with van der Waals surface area (Å²) in [6.45, 7) is 2.53. The smallest absolute Gasteiger partial charge is 0.391 e. The van der Waals surface area contributed by atoms with Crippen molar-refractivity contribution < 1.29 is 31.4 Å². The number of aliphatic hydroxyl groups is 1. The van der Waals surface area contributed by atoms with E-state index in [0.717, 1.165) is 36.6 Å². The molecule has 2 aliphatic rings. The van der Waals surface area contributed by atoms with E-state index in [1.54, 1.807) is 6.07 Å². The van der Waals surface area contributed by atoms with Crippen LogP contribution in [0.5, 0.6) is 0 Å². The predicted octanol–water partition coefficient (Wildman–Crippen LogP) is 2.59. The van der Waals surface area contributed by atoms with Gasteiger partial charge in [-0.3, -0.25) is 0 Å². The van der Waals surface area contributed by atoms with Crippen LogP contribution in [0.3, 0.4) is 0 Å². The van der Waals surface area contributed by atoms with E-state index in [4.69, 9.17) is 10.5 Å². The highest BCUT2D eigenvalue weighted by Crippen LogP contribution is 2.38. The number of sulfonamides is 1. The summed E-state index contributed by atoms with van der Waals surface area (Å²) in [7, 11) is -3.74. The number of nitrogen functional groups attached to an aromatic ring is 1. The SMILES string of the molecule is CC(O)(c1cnc(N2CCN(S(=O)(=O)c3ccc(N)s3)C[C@@H]2CC2CCOCC2)nc1)C(F)(F)F. The first-order valence-corrected chi connectivity index (χ1v) is 13.5. The summed E-state index contributed by atoms with van der Waals surface area (Å²) >= 11 is 1.01. The zero-order valence-corrected chi connectivity index (χ0v) is 20.7. The molecule has 0 spiro atoms. The van der Waals surface area contributed by atoms with Gasteiger partial charge in [0.25, 0.3) is 10.0 Å². The van der Waals surface area contributed by atoms with Crippen molar-refractivity contribution in [3.8, 4) is 0 Å². The highest BCUT2D eigenvalue weighted by Gasteiger charge is 2.51. The van der Waals surface area contributed by atoms with Crippen LogP contribution in [-0.4, -0.2) is 72.9 Å². The van der Waals surface area contributed by atoms with Crippen molar-refractivity contribution in [1.82, 2.24) is 14.3 Å². The zero-order valence-electron chi connectivity index (χ0n) is 19.1. The monoisotopic (exact) mass is 535 g/mol. The average Bonchev–Trinajstić information content (AvgIpc) is 3.26. The van der Waals surface area contributed by atoms with Crippen LogP contribution >= 0.6 is 11.3 Å². The molecular formula is C21H28F3N5O4S2. The van der Waals surface area contributed by atoms with Crippen molar-refractivity contribution in [2.45, 2.75) is 48.2 Å². The van der Waals surface area contributed by atoms with Gasteiger partial charge in [-0.05, 0) is 44.2 Å². The summed E-state index contributed by atoms with van der Waals surface area (Å²) in [6, 6.07) is 2.76. The molecule has 4 heterocycles. The van der Waals surface area contributed by atoms with E-state index in [0.29, 0.717) is 37.5 Å². The van der Waals surface area contributed by atoms with E-state index >= 15 is 0 Å². The Bertz CT molecular complexity index is 1120. The number of alkyl halides is 3. The minimum atomic E-state index is -4.88. The summed E-state index contributed by atoms with van der Waals surface area (Å²) in [6.07, 6.45) is -0.598. The molecule has 194 valence electrons. The highest BCUT2D eigenvalue weighted by atomic mass is 32.2. The molecule has 0 aromatic carbocycles. The topological polar surface area (TPSA) is 122 Å². The molecule has 2 atom stereocenters. The van der Waals surface area contributed by atoms with Gasteiger partial charge in [-0.2, -0.15) is 17.5 Å². The number of halogens is 3. The second-order valence-corrected chi connectivity index (χ2v) is 12.3. The molecule has 4 rings (SSSR count). The number of thiophene rings is 1. The number of nitrogens with zero attached hydrogens (tertiary/aromatic N) is 4. The summed E-state index contributed by atoms with van der Waals surface area (Å²) in [5.74, 6) is 0.503. The minimum absolute atomic E-state index is 0.162. The number of anilines is 2. The first-order valence-electron chi connectivity index (χ1n) is 11.2. The Morgan fingerprint density at radius 1 is 1.20 bits per heavy atom. The third kappa shape index (κ3) is 5.40. The Morgan fingerprint density at radius 3 is 2.43 bits per heavy atom. The summed E-state index contributed by atoms with van der Waals surface area (Å²) < 4.78 is 73.0. The number of piperazine rings is 1. The lowest BCUT2D eigenvalue weighted by Crippen LogP contribution is -2.56. The molecule has 2 aliphatic heterocycles. The number of aromatic nitrogens is 2. The first-order chi connectivity index (χ1) is 16.4. The van der Waals surface area contributed by atoms with Crippen molar-refractivity contribution in [3.63, 3.8) is 0 Å². The van der Waals surface area contributed by atoms with E-state index in [1.165, 1.54) is 10.4 Å². The Labute approximate surface area is 205 Å². The van der Waals surface area contributed by atoms with Crippen molar-refractivity contribution in [3.05, 3.63) is 30.1 Å². The van der Waals surface area contributed by atoms with Gasteiger partial charge < -0.3 is 20.5 Å². The van der Waals surface area contributed by atoms with E-state index in [1.807, 2.05) is 4.90 Å². The lowest BCUT2D eigenvalue weighted by Gasteiger charge is -2.42. The molecule has 0 saturated carbocycles. The fraction of sp³-hybridized carbons (Fsp3) is 0.619. The van der Waals surface area contributed by atoms with Gasteiger partial charge in [0.15, 0.2) is 5.60 Å². The fourth-order valence-electron chi connectivity index (χ4n) is 4.36. The molecule has 3 N–H and O–H groups in total. The first kappa shape index (κ1) is 26.1. The molecule has 35 heavy (non-hydrogen) atoms. The van der Waals surface area contributed by atoms with Crippen LogP contribution in [0.25, 0.3) is 0 Å². The summed E-state index contributed by atoms with van der Waals surface area (Å²) in [5, 5.41) is 10.3. The molecule has 0 bridgehead atoms. The van der Waals surface area contributed by atoms with Gasteiger partial charge in [-0.15, -0.1) is 11.3 Å². The van der Waals surface area contributed by atoms with Crippen molar-refractivity contribution in [2.75, 3.05) is 43.5 Å². The number of rotatable bonds is 6. The maximum absolute atomic E-state index is 13.2. The molecule has 9 nitrogen and oxygen atoms in total. The van der Waals surface area contributed by atoms with Crippen LogP contribution < -0.4 is 10.6 Å². The normalized spacial score (nSPS) is 22.8. The molecule has 2 aromatic rings. The van der Waals surface area contributed by atoms with Crippen LogP contribution in [0.2, 0.25) is 0 Å². The van der Waals surface area contributed by atoms with E-state index in [2.05, 4.69) is 9.97 Å². The Hall–Kier alpha value is -2.00. The van der Waals surface area contributed by atoms with Crippen LogP contribution in [0.4, 0.5) is 24.1 Å². The van der Waals surface area contributed by atoms with Gasteiger partial charge in [0.1, 0.15) is 4.21 Å². The number of hydrogen-bond acceptors (Lipinski definition) is 9. The lowest BCUT2D eigenvalue weighted by molar-refractivity contribution is -0.259. The largest absolute Gasteiger partial charge is 0.421 e. The standard InChI is InChI=1S/C21H28F3N5O4S2/c1-20(30,21(22,23)24)15-11-26-19(27-12-15)29-7-6-28(35(31,32)18-3-2-17(25)34-18)13-16(29)10-14-4-8-33-9-5-14/h2-3,11-12,14,16,30H,4-10,13,25H2,1H3/t16-,20?/m0/s1. The van der Waals surface area contributed by atoms with Crippen LogP contribution in [-0.2, 0) is 20.4 Å². The number of hydrogen-bond donors (Lipinski definition) is 2. The van der Waals surface area contributed by atoms with Crippen LogP contribution in [0.15, 0.2) is 28.7 Å². The van der Waals surface area contributed by atoms with Gasteiger partial charge in [-0.25, -0.2) is 18.4 Å². The molecule has 2 fully saturated rings. The Kier molecular flexibility index (Phi) is 7.31. The second-order valence-electron chi connectivity index (χ2n) is 9.00. The molecule has 0 aliphatic carbocycles.